The molecule has 2 N–H and O–H groups in total. The van der Waals surface area contributed by atoms with Gasteiger partial charge in [-0.1, -0.05) is 12.1 Å². The van der Waals surface area contributed by atoms with Crippen LogP contribution in [0.15, 0.2) is 40.8 Å². The minimum absolute atomic E-state index is 0.0483. The summed E-state index contributed by atoms with van der Waals surface area (Å²) in [6.45, 7) is -0.455. The first kappa shape index (κ1) is 13.7. The predicted octanol–water partition coefficient (Wildman–Crippen LogP) is 1.77. The van der Waals surface area contributed by atoms with Crippen molar-refractivity contribution >= 4 is 11.9 Å². The summed E-state index contributed by atoms with van der Waals surface area (Å²) in [7, 11) is 1.54. The number of carboxylic acids is 1. The molecule has 6 nitrogen and oxygen atoms in total. The van der Waals surface area contributed by atoms with E-state index in [-0.39, 0.29) is 5.76 Å². The molecule has 0 radical (unpaired) electrons. The van der Waals surface area contributed by atoms with Gasteiger partial charge in [-0.3, -0.25) is 9.59 Å². The van der Waals surface area contributed by atoms with E-state index in [9.17, 15) is 9.59 Å². The molecule has 0 aliphatic heterocycles. The van der Waals surface area contributed by atoms with Gasteiger partial charge < -0.3 is 19.6 Å². The van der Waals surface area contributed by atoms with Crippen LogP contribution in [-0.4, -0.2) is 30.6 Å². The molecule has 0 aliphatic rings. The Bertz CT molecular complexity index is 632. The smallest absolute Gasteiger partial charge is 0.322 e. The Kier molecular flexibility index (Phi) is 4.05. The van der Waals surface area contributed by atoms with E-state index < -0.39 is 18.4 Å². The quantitative estimate of drug-likeness (QED) is 0.868. The summed E-state index contributed by atoms with van der Waals surface area (Å²) in [5.74, 6) is -0.544. The molecule has 2 rings (SSSR count). The fourth-order valence-electron chi connectivity index (χ4n) is 1.70. The molecule has 1 amide bonds. The average Bonchev–Trinajstić information content (AvgIpc) is 2.94. The third-order valence-electron chi connectivity index (χ3n) is 2.60. The van der Waals surface area contributed by atoms with Gasteiger partial charge in [0.25, 0.3) is 5.91 Å². The highest BCUT2D eigenvalue weighted by Gasteiger charge is 2.14. The summed E-state index contributed by atoms with van der Waals surface area (Å²) in [5.41, 5.74) is 0.715. The van der Waals surface area contributed by atoms with Crippen LogP contribution in [0, 0.1) is 0 Å². The van der Waals surface area contributed by atoms with Crippen LogP contribution in [-0.2, 0) is 4.79 Å². The van der Waals surface area contributed by atoms with E-state index in [1.807, 2.05) is 12.1 Å². The zero-order chi connectivity index (χ0) is 14.5. The average molecular weight is 275 g/mol. The van der Waals surface area contributed by atoms with Gasteiger partial charge in [0.05, 0.1) is 12.7 Å². The van der Waals surface area contributed by atoms with E-state index in [1.165, 1.54) is 6.07 Å². The number of hydrogen-bond donors (Lipinski definition) is 2. The summed E-state index contributed by atoms with van der Waals surface area (Å²) in [6.07, 6.45) is 0. The predicted molar refractivity (Wildman–Crippen MR) is 70.7 cm³/mol. The van der Waals surface area contributed by atoms with Gasteiger partial charge in [-0.25, -0.2) is 0 Å². The van der Waals surface area contributed by atoms with Crippen LogP contribution >= 0.6 is 0 Å². The SMILES string of the molecule is COc1ccccc1-c1ccc(C(=O)NCC(=O)O)o1. The lowest BCUT2D eigenvalue weighted by Crippen LogP contribution is -2.28. The topological polar surface area (TPSA) is 88.8 Å². The number of methoxy groups -OCH3 is 1. The van der Waals surface area contributed by atoms with Crippen LogP contribution in [0.2, 0.25) is 0 Å². The van der Waals surface area contributed by atoms with Crippen molar-refractivity contribution in [1.29, 1.82) is 0 Å². The second-order valence-electron chi connectivity index (χ2n) is 3.94. The van der Waals surface area contributed by atoms with Crippen LogP contribution < -0.4 is 10.1 Å². The Hall–Kier alpha value is -2.76. The number of furan rings is 1. The van der Waals surface area contributed by atoms with Gasteiger partial charge in [0.2, 0.25) is 0 Å². The zero-order valence-corrected chi connectivity index (χ0v) is 10.8. The number of carboxylic acid groups (broad SMARTS) is 1. The van der Waals surface area contributed by atoms with Gasteiger partial charge in [-0.15, -0.1) is 0 Å². The second kappa shape index (κ2) is 5.92. The van der Waals surface area contributed by atoms with E-state index in [4.69, 9.17) is 14.3 Å². The molecule has 0 aliphatic carbocycles. The largest absolute Gasteiger partial charge is 0.496 e. The number of carbonyl (C=O) groups excluding carboxylic acids is 1. The third kappa shape index (κ3) is 2.97. The van der Waals surface area contributed by atoms with Gasteiger partial charge in [-0.2, -0.15) is 0 Å². The number of amides is 1. The number of carbonyl (C=O) groups is 2. The minimum Gasteiger partial charge on any atom is -0.496 e. The Morgan fingerprint density at radius 1 is 1.25 bits per heavy atom. The molecular formula is C14H13NO5. The normalized spacial score (nSPS) is 10.1. The molecule has 0 spiro atoms. The zero-order valence-electron chi connectivity index (χ0n) is 10.8. The van der Waals surface area contributed by atoms with Crippen molar-refractivity contribution in [3.8, 4) is 17.1 Å². The lowest BCUT2D eigenvalue weighted by Gasteiger charge is -2.05. The van der Waals surface area contributed by atoms with Gasteiger partial charge in [-0.05, 0) is 24.3 Å². The molecule has 0 atom stereocenters. The van der Waals surface area contributed by atoms with E-state index in [1.54, 1.807) is 25.3 Å². The first-order chi connectivity index (χ1) is 9.61. The van der Waals surface area contributed by atoms with Crippen molar-refractivity contribution < 1.29 is 23.8 Å². The molecule has 0 fully saturated rings. The molecule has 2 aromatic rings. The monoisotopic (exact) mass is 275 g/mol. The number of para-hydroxylation sites is 1. The van der Waals surface area contributed by atoms with Crippen molar-refractivity contribution in [1.82, 2.24) is 5.32 Å². The lowest BCUT2D eigenvalue weighted by atomic mass is 10.1. The molecule has 20 heavy (non-hydrogen) atoms. The standard InChI is InChI=1S/C14H13NO5/c1-19-10-5-3-2-4-9(10)11-6-7-12(20-11)14(18)15-8-13(16)17/h2-7H,8H2,1H3,(H,15,18)(H,16,17). The Balaban J connectivity index is 2.20. The molecule has 0 bridgehead atoms. The van der Waals surface area contributed by atoms with Crippen LogP contribution in [0.25, 0.3) is 11.3 Å². The fraction of sp³-hybridized carbons (Fsp3) is 0.143. The van der Waals surface area contributed by atoms with E-state index in [0.29, 0.717) is 17.1 Å². The van der Waals surface area contributed by atoms with Crippen molar-refractivity contribution in [3.05, 3.63) is 42.2 Å². The maximum atomic E-state index is 11.6. The molecular weight excluding hydrogens is 262 g/mol. The van der Waals surface area contributed by atoms with Crippen LogP contribution in [0.3, 0.4) is 0 Å². The minimum atomic E-state index is -1.12. The first-order valence-corrected chi connectivity index (χ1v) is 5.85. The third-order valence-corrected chi connectivity index (χ3v) is 2.60. The van der Waals surface area contributed by atoms with Crippen LogP contribution in [0.4, 0.5) is 0 Å². The number of rotatable bonds is 5. The summed E-state index contributed by atoms with van der Waals surface area (Å²) in [4.78, 5) is 22.0. The van der Waals surface area contributed by atoms with Crippen LogP contribution in [0.5, 0.6) is 5.75 Å². The van der Waals surface area contributed by atoms with Gasteiger partial charge in [0, 0.05) is 0 Å². The molecule has 1 heterocycles. The Morgan fingerprint density at radius 3 is 2.70 bits per heavy atom. The summed E-state index contributed by atoms with van der Waals surface area (Å²) in [6, 6.07) is 10.3. The summed E-state index contributed by atoms with van der Waals surface area (Å²) in [5, 5.41) is 10.7. The molecule has 0 saturated carbocycles. The van der Waals surface area contributed by atoms with Gasteiger partial charge in [0.15, 0.2) is 5.76 Å². The van der Waals surface area contributed by atoms with Gasteiger partial charge in [0.1, 0.15) is 18.1 Å². The maximum absolute atomic E-state index is 11.6. The highest BCUT2D eigenvalue weighted by Crippen LogP contribution is 2.30. The molecule has 1 aromatic carbocycles. The van der Waals surface area contributed by atoms with Crippen molar-refractivity contribution in [2.45, 2.75) is 0 Å². The van der Waals surface area contributed by atoms with Crippen molar-refractivity contribution in [2.75, 3.05) is 13.7 Å². The van der Waals surface area contributed by atoms with E-state index in [2.05, 4.69) is 5.32 Å². The molecule has 1 aromatic heterocycles. The highest BCUT2D eigenvalue weighted by molar-refractivity contribution is 5.93. The van der Waals surface area contributed by atoms with Crippen LogP contribution in [0.1, 0.15) is 10.6 Å². The molecule has 0 unspecified atom stereocenters. The highest BCUT2D eigenvalue weighted by atomic mass is 16.5. The number of aliphatic carboxylic acids is 1. The summed E-state index contributed by atoms with van der Waals surface area (Å²) >= 11 is 0. The Morgan fingerprint density at radius 2 is 2.00 bits per heavy atom. The second-order valence-corrected chi connectivity index (χ2v) is 3.94. The van der Waals surface area contributed by atoms with Crippen molar-refractivity contribution in [2.24, 2.45) is 0 Å². The molecule has 6 heteroatoms. The lowest BCUT2D eigenvalue weighted by molar-refractivity contribution is -0.135. The van der Waals surface area contributed by atoms with Gasteiger partial charge >= 0.3 is 5.97 Å². The Labute approximate surface area is 115 Å². The number of hydrogen-bond acceptors (Lipinski definition) is 4. The molecule has 104 valence electrons. The number of nitrogens with one attached hydrogen (secondary N) is 1. The number of benzene rings is 1. The van der Waals surface area contributed by atoms with E-state index in [0.717, 1.165) is 0 Å². The van der Waals surface area contributed by atoms with E-state index >= 15 is 0 Å². The fourth-order valence-corrected chi connectivity index (χ4v) is 1.70. The first-order valence-electron chi connectivity index (χ1n) is 5.85. The maximum Gasteiger partial charge on any atom is 0.322 e. The summed E-state index contributed by atoms with van der Waals surface area (Å²) < 4.78 is 10.6. The number of ether oxygens (including phenoxy) is 1. The molecule has 0 saturated heterocycles. The van der Waals surface area contributed by atoms with Crippen molar-refractivity contribution in [3.63, 3.8) is 0 Å².